The molecule has 0 bridgehead atoms. The number of aromatic nitrogens is 2. The Morgan fingerprint density at radius 3 is 2.91 bits per heavy atom. The summed E-state index contributed by atoms with van der Waals surface area (Å²) in [6.07, 6.45) is 7.05. The second-order valence-electron chi connectivity index (χ2n) is 5.94. The first-order valence-corrected chi connectivity index (χ1v) is 9.17. The number of hydrogen-bond donors (Lipinski definition) is 0. The summed E-state index contributed by atoms with van der Waals surface area (Å²) in [7, 11) is 0. The van der Waals surface area contributed by atoms with Gasteiger partial charge in [-0.1, -0.05) is 13.8 Å². The number of esters is 1. The third-order valence-electron chi connectivity index (χ3n) is 4.34. The Labute approximate surface area is 139 Å². The monoisotopic (exact) mass is 334 g/mol. The van der Waals surface area contributed by atoms with E-state index in [4.69, 9.17) is 4.74 Å². The number of carbonyl (C=O) groups is 1. The molecular weight excluding hydrogens is 312 g/mol. The van der Waals surface area contributed by atoms with Crippen molar-refractivity contribution in [2.45, 2.75) is 58.4 Å². The molecule has 1 aliphatic carbocycles. The van der Waals surface area contributed by atoms with Gasteiger partial charge in [0.1, 0.15) is 10.9 Å². The maximum Gasteiger partial charge on any atom is 0.329 e. The minimum Gasteiger partial charge on any atom is -0.464 e. The van der Waals surface area contributed by atoms with Gasteiger partial charge in [-0.25, -0.2) is 9.78 Å². The van der Waals surface area contributed by atoms with Crippen LogP contribution in [0.1, 0.15) is 56.0 Å². The zero-order valence-electron chi connectivity index (χ0n) is 13.6. The Hall–Kier alpha value is -1.69. The largest absolute Gasteiger partial charge is 0.464 e. The normalized spacial score (nSPS) is 15.4. The highest BCUT2D eigenvalue weighted by atomic mass is 32.1. The van der Waals surface area contributed by atoms with E-state index >= 15 is 0 Å². The predicted octanol–water partition coefficient (Wildman–Crippen LogP) is 3.24. The van der Waals surface area contributed by atoms with E-state index in [9.17, 15) is 9.59 Å². The van der Waals surface area contributed by atoms with Gasteiger partial charge in [-0.3, -0.25) is 9.36 Å². The van der Waals surface area contributed by atoms with Crippen LogP contribution < -0.4 is 5.56 Å². The molecule has 124 valence electrons. The molecule has 2 heterocycles. The van der Waals surface area contributed by atoms with E-state index in [1.165, 1.54) is 22.2 Å². The first-order chi connectivity index (χ1) is 11.2. The fourth-order valence-electron chi connectivity index (χ4n) is 3.16. The van der Waals surface area contributed by atoms with Gasteiger partial charge in [-0.05, 0) is 44.1 Å². The predicted molar refractivity (Wildman–Crippen MR) is 91.1 cm³/mol. The van der Waals surface area contributed by atoms with Gasteiger partial charge in [-0.2, -0.15) is 0 Å². The van der Waals surface area contributed by atoms with Gasteiger partial charge in [0, 0.05) is 4.88 Å². The van der Waals surface area contributed by atoms with Crippen molar-refractivity contribution < 1.29 is 9.53 Å². The second kappa shape index (κ2) is 6.83. The Morgan fingerprint density at radius 2 is 2.17 bits per heavy atom. The van der Waals surface area contributed by atoms with E-state index in [1.807, 2.05) is 13.8 Å². The molecule has 0 spiro atoms. The van der Waals surface area contributed by atoms with E-state index in [2.05, 4.69) is 4.98 Å². The molecule has 0 amide bonds. The Balaban J connectivity index is 2.05. The molecule has 0 N–H and O–H groups in total. The zero-order valence-corrected chi connectivity index (χ0v) is 14.4. The van der Waals surface area contributed by atoms with Crippen molar-refractivity contribution in [1.82, 2.24) is 9.55 Å². The van der Waals surface area contributed by atoms with E-state index in [1.54, 1.807) is 11.3 Å². The van der Waals surface area contributed by atoms with Crippen molar-refractivity contribution in [3.63, 3.8) is 0 Å². The molecule has 5 nitrogen and oxygen atoms in total. The molecule has 6 heteroatoms. The lowest BCUT2D eigenvalue weighted by Crippen LogP contribution is -2.31. The van der Waals surface area contributed by atoms with E-state index in [0.717, 1.165) is 36.1 Å². The third-order valence-corrected chi connectivity index (χ3v) is 5.54. The minimum absolute atomic E-state index is 0.102. The summed E-state index contributed by atoms with van der Waals surface area (Å²) in [5, 5.41) is 0.717. The van der Waals surface area contributed by atoms with Crippen LogP contribution >= 0.6 is 11.3 Å². The molecule has 0 saturated carbocycles. The van der Waals surface area contributed by atoms with E-state index < -0.39 is 6.04 Å². The lowest BCUT2D eigenvalue weighted by Gasteiger charge is -2.17. The topological polar surface area (TPSA) is 61.2 Å². The SMILES string of the molecule is CCCOC(=O)C(CC)n1cnc2sc3c(c2c1=O)CCCC3. The lowest BCUT2D eigenvalue weighted by molar-refractivity contribution is -0.147. The summed E-state index contributed by atoms with van der Waals surface area (Å²) in [6.45, 7) is 4.22. The van der Waals surface area contributed by atoms with Crippen LogP contribution in [0.2, 0.25) is 0 Å². The number of carbonyl (C=O) groups excluding carboxylic acids is 1. The second-order valence-corrected chi connectivity index (χ2v) is 7.02. The highest BCUT2D eigenvalue weighted by Gasteiger charge is 2.25. The summed E-state index contributed by atoms with van der Waals surface area (Å²) in [5.74, 6) is -0.346. The zero-order chi connectivity index (χ0) is 16.4. The highest BCUT2D eigenvalue weighted by molar-refractivity contribution is 7.18. The van der Waals surface area contributed by atoms with Gasteiger partial charge < -0.3 is 4.74 Å². The van der Waals surface area contributed by atoms with Gasteiger partial charge in [0.2, 0.25) is 0 Å². The summed E-state index contributed by atoms with van der Waals surface area (Å²) < 4.78 is 6.70. The Bertz CT molecular complexity index is 778. The van der Waals surface area contributed by atoms with Crippen LogP contribution in [-0.2, 0) is 22.4 Å². The molecule has 0 fully saturated rings. The van der Waals surface area contributed by atoms with Gasteiger partial charge in [0.15, 0.2) is 0 Å². The number of nitrogens with zero attached hydrogens (tertiary/aromatic N) is 2. The molecule has 3 rings (SSSR count). The fraction of sp³-hybridized carbons (Fsp3) is 0.588. The molecular formula is C17H22N2O3S. The average Bonchev–Trinajstić information content (AvgIpc) is 2.94. The Kier molecular flexibility index (Phi) is 4.80. The number of hydrogen-bond acceptors (Lipinski definition) is 5. The van der Waals surface area contributed by atoms with Crippen molar-refractivity contribution >= 4 is 27.5 Å². The Morgan fingerprint density at radius 1 is 1.39 bits per heavy atom. The maximum atomic E-state index is 13.0. The highest BCUT2D eigenvalue weighted by Crippen LogP contribution is 2.33. The van der Waals surface area contributed by atoms with Gasteiger partial charge in [-0.15, -0.1) is 11.3 Å². The fourth-order valence-corrected chi connectivity index (χ4v) is 4.38. The van der Waals surface area contributed by atoms with Crippen molar-refractivity contribution in [2.75, 3.05) is 6.61 Å². The molecule has 2 aromatic heterocycles. The molecule has 1 atom stereocenters. The van der Waals surface area contributed by atoms with E-state index in [0.29, 0.717) is 18.4 Å². The van der Waals surface area contributed by atoms with Crippen LogP contribution in [0.15, 0.2) is 11.1 Å². The van der Waals surface area contributed by atoms with Crippen LogP contribution in [0.5, 0.6) is 0 Å². The summed E-state index contributed by atoms with van der Waals surface area (Å²) >= 11 is 1.62. The van der Waals surface area contributed by atoms with Gasteiger partial charge in [0.25, 0.3) is 5.56 Å². The lowest BCUT2D eigenvalue weighted by atomic mass is 9.97. The van der Waals surface area contributed by atoms with Crippen molar-refractivity contribution in [3.8, 4) is 0 Å². The number of ether oxygens (including phenoxy) is 1. The first-order valence-electron chi connectivity index (χ1n) is 8.35. The van der Waals surface area contributed by atoms with E-state index in [-0.39, 0.29) is 11.5 Å². The van der Waals surface area contributed by atoms with Crippen LogP contribution in [0.25, 0.3) is 10.2 Å². The molecule has 0 aromatic carbocycles. The van der Waals surface area contributed by atoms with Crippen LogP contribution in [0.4, 0.5) is 0 Å². The standard InChI is InChI=1S/C17H22N2O3S/c1-3-9-22-17(21)12(4-2)19-10-18-15-14(16(19)20)11-7-5-6-8-13(11)23-15/h10,12H,3-9H2,1-2H3. The quantitative estimate of drug-likeness (QED) is 0.788. The third kappa shape index (κ3) is 2.92. The smallest absolute Gasteiger partial charge is 0.329 e. The number of aryl methyl sites for hydroxylation is 2. The summed E-state index contributed by atoms with van der Waals surface area (Å²) in [6, 6.07) is -0.593. The molecule has 1 aliphatic rings. The van der Waals surface area contributed by atoms with Crippen molar-refractivity contribution in [1.29, 1.82) is 0 Å². The van der Waals surface area contributed by atoms with Crippen molar-refractivity contribution in [2.24, 2.45) is 0 Å². The molecule has 0 aliphatic heterocycles. The first kappa shape index (κ1) is 16.2. The van der Waals surface area contributed by atoms with Gasteiger partial charge >= 0.3 is 5.97 Å². The number of rotatable bonds is 5. The van der Waals surface area contributed by atoms with Gasteiger partial charge in [0.05, 0.1) is 18.3 Å². The van der Waals surface area contributed by atoms with Crippen LogP contribution in [0, 0.1) is 0 Å². The molecule has 0 radical (unpaired) electrons. The molecule has 23 heavy (non-hydrogen) atoms. The summed E-state index contributed by atoms with van der Waals surface area (Å²) in [4.78, 5) is 31.7. The van der Waals surface area contributed by atoms with Crippen molar-refractivity contribution in [3.05, 3.63) is 27.1 Å². The van der Waals surface area contributed by atoms with Crippen LogP contribution in [-0.4, -0.2) is 22.1 Å². The summed E-state index contributed by atoms with van der Waals surface area (Å²) in [5.41, 5.74) is 1.05. The molecule has 2 aromatic rings. The minimum atomic E-state index is -0.593. The van der Waals surface area contributed by atoms with Crippen LogP contribution in [0.3, 0.4) is 0 Å². The molecule has 1 unspecified atom stereocenters. The maximum absolute atomic E-state index is 13.0. The molecule has 0 saturated heterocycles. The number of fused-ring (bicyclic) bond motifs is 3. The average molecular weight is 334 g/mol. The number of thiophene rings is 1.